The average molecular weight is 269 g/mol. The third-order valence-corrected chi connectivity index (χ3v) is 4.87. The van der Waals surface area contributed by atoms with Crippen molar-refractivity contribution in [2.45, 2.75) is 38.6 Å². The van der Waals surface area contributed by atoms with Crippen LogP contribution in [-0.2, 0) is 0 Å². The van der Waals surface area contributed by atoms with Gasteiger partial charge in [0.2, 0.25) is 0 Å². The second-order valence-electron chi connectivity index (χ2n) is 4.30. The van der Waals surface area contributed by atoms with Gasteiger partial charge in [-0.05, 0) is 12.8 Å². The van der Waals surface area contributed by atoms with E-state index in [2.05, 4.69) is 29.1 Å². The number of hydrogen-bond donors (Lipinski definition) is 1. The van der Waals surface area contributed by atoms with Crippen LogP contribution in [0.5, 0.6) is 0 Å². The number of hydrogen-bond acceptors (Lipinski definition) is 4. The molecule has 1 N–H and O–H groups in total. The first kappa shape index (κ1) is 12.9. The number of rotatable bonds is 4. The molecule has 1 aliphatic heterocycles. The van der Waals surface area contributed by atoms with E-state index >= 15 is 0 Å². The number of amidine groups is 1. The van der Waals surface area contributed by atoms with Crippen molar-refractivity contribution in [1.82, 2.24) is 10.3 Å². The third-order valence-electron chi connectivity index (χ3n) is 2.91. The van der Waals surface area contributed by atoms with Crippen LogP contribution in [0.3, 0.4) is 0 Å². The number of thioether (sulfide) groups is 1. The molecular formula is C12H19N3S2. The predicted molar refractivity (Wildman–Crippen MR) is 77.1 cm³/mol. The van der Waals surface area contributed by atoms with Gasteiger partial charge in [-0.1, -0.05) is 25.6 Å². The van der Waals surface area contributed by atoms with Gasteiger partial charge in [-0.15, -0.1) is 11.3 Å². The number of thiazole rings is 1. The van der Waals surface area contributed by atoms with Crippen LogP contribution >= 0.6 is 23.1 Å². The Hall–Kier alpha value is -0.550. The molecule has 2 rings (SSSR count). The Morgan fingerprint density at radius 1 is 1.65 bits per heavy atom. The third kappa shape index (κ3) is 3.71. The average Bonchev–Trinajstić information content (AvgIpc) is 2.90. The molecule has 0 aromatic carbocycles. The maximum atomic E-state index is 4.67. The molecule has 2 unspecified atom stereocenters. The van der Waals surface area contributed by atoms with Crippen molar-refractivity contribution in [2.24, 2.45) is 4.99 Å². The van der Waals surface area contributed by atoms with Gasteiger partial charge < -0.3 is 5.32 Å². The number of nitrogens with one attached hydrogen (secondary N) is 1. The molecule has 1 saturated heterocycles. The quantitative estimate of drug-likeness (QED) is 0.912. The van der Waals surface area contributed by atoms with E-state index in [4.69, 9.17) is 0 Å². The van der Waals surface area contributed by atoms with Gasteiger partial charge >= 0.3 is 0 Å². The Morgan fingerprint density at radius 3 is 3.24 bits per heavy atom. The van der Waals surface area contributed by atoms with Crippen LogP contribution in [-0.4, -0.2) is 28.5 Å². The maximum absolute atomic E-state index is 4.67. The predicted octanol–water partition coefficient (Wildman–Crippen LogP) is 3.11. The molecule has 1 aliphatic rings. The topological polar surface area (TPSA) is 37.3 Å². The summed E-state index contributed by atoms with van der Waals surface area (Å²) in [4.78, 5) is 9.01. The summed E-state index contributed by atoms with van der Waals surface area (Å²) >= 11 is 3.56. The summed E-state index contributed by atoms with van der Waals surface area (Å²) in [5.41, 5.74) is 0. The lowest BCUT2D eigenvalue weighted by Crippen LogP contribution is -2.37. The standard InChI is InChI=1S/C12H19N3S2/c1-3-10-4-6-17-12(15-10)14-8-9(2)11-13-5-7-16-11/h5,7,9-10H,3-4,6,8H2,1-2H3,(H,14,15). The molecule has 0 aliphatic carbocycles. The van der Waals surface area contributed by atoms with E-state index in [1.54, 1.807) is 11.3 Å². The van der Waals surface area contributed by atoms with Crippen LogP contribution in [0.15, 0.2) is 16.6 Å². The fraction of sp³-hybridized carbons (Fsp3) is 0.667. The highest BCUT2D eigenvalue weighted by Gasteiger charge is 2.16. The van der Waals surface area contributed by atoms with E-state index in [1.807, 2.05) is 23.3 Å². The molecule has 2 atom stereocenters. The van der Waals surface area contributed by atoms with Crippen LogP contribution in [0.1, 0.15) is 37.6 Å². The Morgan fingerprint density at radius 2 is 2.53 bits per heavy atom. The van der Waals surface area contributed by atoms with Gasteiger partial charge in [0.1, 0.15) is 0 Å². The van der Waals surface area contributed by atoms with Crippen molar-refractivity contribution in [3.05, 3.63) is 16.6 Å². The molecule has 0 spiro atoms. The molecule has 1 fully saturated rings. The van der Waals surface area contributed by atoms with Crippen molar-refractivity contribution < 1.29 is 0 Å². The molecule has 3 nitrogen and oxygen atoms in total. The first-order valence-electron chi connectivity index (χ1n) is 6.12. The summed E-state index contributed by atoms with van der Waals surface area (Å²) in [5.74, 6) is 1.61. The van der Waals surface area contributed by atoms with E-state index < -0.39 is 0 Å². The highest BCUT2D eigenvalue weighted by Crippen LogP contribution is 2.20. The van der Waals surface area contributed by atoms with Gasteiger partial charge in [-0.2, -0.15) is 0 Å². The summed E-state index contributed by atoms with van der Waals surface area (Å²) in [5, 5.41) is 7.83. The number of aliphatic imine (C=N–C) groups is 1. The fourth-order valence-corrected chi connectivity index (χ4v) is 3.46. The van der Waals surface area contributed by atoms with Gasteiger partial charge in [0.05, 0.1) is 11.6 Å². The first-order chi connectivity index (χ1) is 8.29. The highest BCUT2D eigenvalue weighted by molar-refractivity contribution is 8.13. The largest absolute Gasteiger partial charge is 0.362 e. The van der Waals surface area contributed by atoms with E-state index in [0.29, 0.717) is 12.0 Å². The van der Waals surface area contributed by atoms with Crippen LogP contribution in [0.4, 0.5) is 0 Å². The summed E-state index contributed by atoms with van der Waals surface area (Å²) in [6.07, 6.45) is 4.30. The van der Waals surface area contributed by atoms with Gasteiger partial charge in [0.15, 0.2) is 5.17 Å². The van der Waals surface area contributed by atoms with Crippen molar-refractivity contribution in [1.29, 1.82) is 0 Å². The Kier molecular flexibility index (Phi) is 4.86. The minimum Gasteiger partial charge on any atom is -0.362 e. The number of nitrogens with zero attached hydrogens (tertiary/aromatic N) is 2. The monoisotopic (exact) mass is 269 g/mol. The van der Waals surface area contributed by atoms with Crippen LogP contribution < -0.4 is 5.32 Å². The molecule has 2 heterocycles. The number of aromatic nitrogens is 1. The zero-order valence-electron chi connectivity index (χ0n) is 10.3. The molecule has 0 radical (unpaired) electrons. The molecule has 94 valence electrons. The Bertz CT molecular complexity index is 362. The van der Waals surface area contributed by atoms with Crippen molar-refractivity contribution in [3.63, 3.8) is 0 Å². The lowest BCUT2D eigenvalue weighted by Gasteiger charge is -2.24. The lowest BCUT2D eigenvalue weighted by molar-refractivity contribution is 0.570. The zero-order valence-corrected chi connectivity index (χ0v) is 12.0. The van der Waals surface area contributed by atoms with Gasteiger partial charge in [-0.25, -0.2) is 4.98 Å². The summed E-state index contributed by atoms with van der Waals surface area (Å²) in [7, 11) is 0. The molecule has 1 aromatic heterocycles. The van der Waals surface area contributed by atoms with E-state index in [1.165, 1.54) is 23.6 Å². The summed E-state index contributed by atoms with van der Waals surface area (Å²) in [6.45, 7) is 5.25. The van der Waals surface area contributed by atoms with Gasteiger partial charge in [0, 0.05) is 29.3 Å². The molecule has 5 heteroatoms. The fourth-order valence-electron chi connectivity index (χ4n) is 1.76. The smallest absolute Gasteiger partial charge is 0.156 e. The Balaban J connectivity index is 1.87. The summed E-state index contributed by atoms with van der Waals surface area (Å²) in [6, 6.07) is 0.616. The van der Waals surface area contributed by atoms with Gasteiger partial charge in [0.25, 0.3) is 0 Å². The van der Waals surface area contributed by atoms with Crippen LogP contribution in [0, 0.1) is 0 Å². The van der Waals surface area contributed by atoms with E-state index in [-0.39, 0.29) is 0 Å². The molecular weight excluding hydrogens is 250 g/mol. The van der Waals surface area contributed by atoms with Crippen molar-refractivity contribution in [3.8, 4) is 0 Å². The molecule has 0 bridgehead atoms. The van der Waals surface area contributed by atoms with Crippen LogP contribution in [0.2, 0.25) is 0 Å². The second kappa shape index (κ2) is 6.40. The SMILES string of the molecule is CCC1CCSC(=NCC(C)c2nccs2)N1. The molecule has 17 heavy (non-hydrogen) atoms. The van der Waals surface area contributed by atoms with E-state index in [9.17, 15) is 0 Å². The first-order valence-corrected chi connectivity index (χ1v) is 7.99. The lowest BCUT2D eigenvalue weighted by atomic mass is 10.2. The van der Waals surface area contributed by atoms with Crippen LogP contribution in [0.25, 0.3) is 0 Å². The maximum Gasteiger partial charge on any atom is 0.156 e. The highest BCUT2D eigenvalue weighted by atomic mass is 32.2. The molecule has 1 aromatic rings. The minimum absolute atomic E-state index is 0.423. The zero-order chi connectivity index (χ0) is 12.1. The van der Waals surface area contributed by atoms with E-state index in [0.717, 1.165) is 11.7 Å². The molecule has 0 saturated carbocycles. The normalized spacial score (nSPS) is 24.6. The Labute approximate surface area is 111 Å². The minimum atomic E-state index is 0.423. The van der Waals surface area contributed by atoms with Crippen molar-refractivity contribution in [2.75, 3.05) is 12.3 Å². The van der Waals surface area contributed by atoms with Gasteiger partial charge in [-0.3, -0.25) is 4.99 Å². The summed E-state index contributed by atoms with van der Waals surface area (Å²) < 4.78 is 0. The van der Waals surface area contributed by atoms with Crippen molar-refractivity contribution >= 4 is 28.3 Å². The second-order valence-corrected chi connectivity index (χ2v) is 6.31. The molecule has 0 amide bonds.